The first kappa shape index (κ1) is 10.1. The Labute approximate surface area is 80.0 Å². The van der Waals surface area contributed by atoms with E-state index in [1.54, 1.807) is 4.90 Å². The van der Waals surface area contributed by atoms with Crippen LogP contribution >= 0.6 is 0 Å². The lowest BCUT2D eigenvalue weighted by atomic mass is 10.1. The lowest BCUT2D eigenvalue weighted by molar-refractivity contribution is 0.167. The zero-order valence-corrected chi connectivity index (χ0v) is 8.71. The monoisotopic (exact) mass is 182 g/mol. The van der Waals surface area contributed by atoms with E-state index in [0.29, 0.717) is 0 Å². The van der Waals surface area contributed by atoms with Gasteiger partial charge < -0.3 is 9.80 Å². The Balaban J connectivity index is 2.53. The van der Waals surface area contributed by atoms with Gasteiger partial charge in [0.25, 0.3) is 0 Å². The van der Waals surface area contributed by atoms with E-state index in [4.69, 9.17) is 0 Å². The van der Waals surface area contributed by atoms with Crippen LogP contribution in [-0.4, -0.2) is 42.5 Å². The Morgan fingerprint density at radius 1 is 1.69 bits per heavy atom. The number of carbonyl (C=O) groups excluding carboxylic acids is 1. The predicted octanol–water partition coefficient (Wildman–Crippen LogP) is 1.71. The summed E-state index contributed by atoms with van der Waals surface area (Å²) >= 11 is 0. The van der Waals surface area contributed by atoms with Crippen LogP contribution in [0.15, 0.2) is 11.6 Å². The molecule has 1 aliphatic rings. The lowest BCUT2D eigenvalue weighted by Crippen LogP contribution is -2.43. The summed E-state index contributed by atoms with van der Waals surface area (Å²) in [7, 11) is 1.84. The van der Waals surface area contributed by atoms with Crippen molar-refractivity contribution in [2.24, 2.45) is 0 Å². The molecule has 13 heavy (non-hydrogen) atoms. The summed E-state index contributed by atoms with van der Waals surface area (Å²) in [5, 5.41) is 0. The molecular formula is C10H18N2O. The van der Waals surface area contributed by atoms with Crippen molar-refractivity contribution in [3.8, 4) is 0 Å². The number of amides is 2. The van der Waals surface area contributed by atoms with E-state index in [1.807, 2.05) is 18.9 Å². The van der Waals surface area contributed by atoms with Crippen LogP contribution in [0.5, 0.6) is 0 Å². The maximum absolute atomic E-state index is 11.7. The van der Waals surface area contributed by atoms with Crippen LogP contribution < -0.4 is 0 Å². The van der Waals surface area contributed by atoms with Crippen molar-refractivity contribution in [2.75, 3.05) is 26.7 Å². The third kappa shape index (κ3) is 2.47. The molecule has 1 rings (SSSR count). The molecule has 0 aromatic carbocycles. The van der Waals surface area contributed by atoms with E-state index < -0.39 is 0 Å². The zero-order valence-electron chi connectivity index (χ0n) is 8.71. The Kier molecular flexibility index (Phi) is 3.34. The summed E-state index contributed by atoms with van der Waals surface area (Å²) in [6.07, 6.45) is 3.20. The van der Waals surface area contributed by atoms with Gasteiger partial charge >= 0.3 is 6.03 Å². The molecule has 3 nitrogen and oxygen atoms in total. The Hall–Kier alpha value is -0.990. The van der Waals surface area contributed by atoms with Gasteiger partial charge in [0.2, 0.25) is 0 Å². The fourth-order valence-electron chi connectivity index (χ4n) is 1.45. The highest BCUT2D eigenvalue weighted by molar-refractivity contribution is 5.74. The number of rotatable bonds is 1. The van der Waals surface area contributed by atoms with Gasteiger partial charge in [-0.05, 0) is 20.3 Å². The van der Waals surface area contributed by atoms with E-state index in [-0.39, 0.29) is 6.03 Å². The molecule has 0 spiro atoms. The molecule has 0 saturated heterocycles. The van der Waals surface area contributed by atoms with Crippen molar-refractivity contribution in [3.63, 3.8) is 0 Å². The van der Waals surface area contributed by atoms with Gasteiger partial charge in [-0.3, -0.25) is 0 Å². The number of hydrogen-bond donors (Lipinski definition) is 0. The Morgan fingerprint density at radius 3 is 2.92 bits per heavy atom. The van der Waals surface area contributed by atoms with E-state index in [2.05, 4.69) is 13.0 Å². The van der Waals surface area contributed by atoms with Gasteiger partial charge in [-0.2, -0.15) is 0 Å². The van der Waals surface area contributed by atoms with Crippen LogP contribution in [-0.2, 0) is 0 Å². The summed E-state index contributed by atoms with van der Waals surface area (Å²) in [6.45, 7) is 6.50. The van der Waals surface area contributed by atoms with E-state index >= 15 is 0 Å². The molecule has 0 atom stereocenters. The molecule has 0 unspecified atom stereocenters. The normalized spacial score (nSPS) is 16.8. The van der Waals surface area contributed by atoms with Gasteiger partial charge in [-0.25, -0.2) is 4.79 Å². The van der Waals surface area contributed by atoms with Crippen LogP contribution in [0.1, 0.15) is 20.3 Å². The SMILES string of the molecule is CCN(C)C(=O)N1CCC=C(C)C1. The average molecular weight is 182 g/mol. The van der Waals surface area contributed by atoms with Gasteiger partial charge in [0.15, 0.2) is 0 Å². The highest BCUT2D eigenvalue weighted by Gasteiger charge is 2.18. The van der Waals surface area contributed by atoms with Gasteiger partial charge in [-0.15, -0.1) is 0 Å². The quantitative estimate of drug-likeness (QED) is 0.566. The largest absolute Gasteiger partial charge is 0.328 e. The van der Waals surface area contributed by atoms with Crippen molar-refractivity contribution < 1.29 is 4.79 Å². The fraction of sp³-hybridized carbons (Fsp3) is 0.700. The molecule has 1 aliphatic heterocycles. The maximum atomic E-state index is 11.7. The van der Waals surface area contributed by atoms with Crippen LogP contribution in [0, 0.1) is 0 Å². The lowest BCUT2D eigenvalue weighted by Gasteiger charge is -2.30. The van der Waals surface area contributed by atoms with Crippen LogP contribution in [0.3, 0.4) is 0 Å². The fourth-order valence-corrected chi connectivity index (χ4v) is 1.45. The standard InChI is InChI=1S/C10H18N2O/c1-4-11(3)10(13)12-7-5-6-9(2)8-12/h6H,4-5,7-8H2,1-3H3. The third-order valence-electron chi connectivity index (χ3n) is 2.40. The second-order valence-electron chi connectivity index (χ2n) is 3.56. The van der Waals surface area contributed by atoms with Crippen molar-refractivity contribution in [1.82, 2.24) is 9.80 Å². The van der Waals surface area contributed by atoms with Gasteiger partial charge in [0.1, 0.15) is 0 Å². The molecule has 74 valence electrons. The highest BCUT2D eigenvalue weighted by atomic mass is 16.2. The Bertz CT molecular complexity index is 223. The molecule has 0 N–H and O–H groups in total. The molecule has 0 aromatic rings. The topological polar surface area (TPSA) is 23.6 Å². The van der Waals surface area contributed by atoms with Gasteiger partial charge in [-0.1, -0.05) is 11.6 Å². The third-order valence-corrected chi connectivity index (χ3v) is 2.40. The molecular weight excluding hydrogens is 164 g/mol. The molecule has 0 fully saturated rings. The minimum atomic E-state index is 0.148. The second-order valence-corrected chi connectivity index (χ2v) is 3.56. The summed E-state index contributed by atoms with van der Waals surface area (Å²) in [5.74, 6) is 0. The molecule has 3 heteroatoms. The second kappa shape index (κ2) is 4.30. The van der Waals surface area contributed by atoms with Crippen LogP contribution in [0.25, 0.3) is 0 Å². The summed E-state index contributed by atoms with van der Waals surface area (Å²) in [5.41, 5.74) is 1.30. The van der Waals surface area contributed by atoms with Crippen molar-refractivity contribution >= 4 is 6.03 Å². The minimum Gasteiger partial charge on any atom is -0.328 e. The van der Waals surface area contributed by atoms with Gasteiger partial charge in [0, 0.05) is 26.7 Å². The average Bonchev–Trinajstić information content (AvgIpc) is 2.15. The molecule has 1 heterocycles. The van der Waals surface area contributed by atoms with Crippen LogP contribution in [0.2, 0.25) is 0 Å². The maximum Gasteiger partial charge on any atom is 0.320 e. The number of nitrogens with zero attached hydrogens (tertiary/aromatic N) is 2. The van der Waals surface area contributed by atoms with E-state index in [1.165, 1.54) is 5.57 Å². The van der Waals surface area contributed by atoms with Crippen LogP contribution in [0.4, 0.5) is 4.79 Å². The van der Waals surface area contributed by atoms with E-state index in [0.717, 1.165) is 26.1 Å². The van der Waals surface area contributed by atoms with Crippen molar-refractivity contribution in [3.05, 3.63) is 11.6 Å². The first-order valence-corrected chi connectivity index (χ1v) is 4.80. The molecule has 0 bridgehead atoms. The molecule has 2 amide bonds. The highest BCUT2D eigenvalue weighted by Crippen LogP contribution is 2.10. The molecule has 0 saturated carbocycles. The summed E-state index contributed by atoms with van der Waals surface area (Å²) < 4.78 is 0. The van der Waals surface area contributed by atoms with Crippen molar-refractivity contribution in [1.29, 1.82) is 0 Å². The molecule has 0 radical (unpaired) electrons. The molecule has 0 aliphatic carbocycles. The van der Waals surface area contributed by atoms with Crippen molar-refractivity contribution in [2.45, 2.75) is 20.3 Å². The molecule has 0 aromatic heterocycles. The predicted molar refractivity (Wildman–Crippen MR) is 53.6 cm³/mol. The van der Waals surface area contributed by atoms with Gasteiger partial charge in [0.05, 0.1) is 0 Å². The van der Waals surface area contributed by atoms with E-state index in [9.17, 15) is 4.79 Å². The summed E-state index contributed by atoms with van der Waals surface area (Å²) in [6, 6.07) is 0.148. The first-order chi connectivity index (χ1) is 6.15. The minimum absolute atomic E-state index is 0.148. The Morgan fingerprint density at radius 2 is 2.38 bits per heavy atom. The first-order valence-electron chi connectivity index (χ1n) is 4.80. The number of urea groups is 1. The summed E-state index contributed by atoms with van der Waals surface area (Å²) in [4.78, 5) is 15.3. The zero-order chi connectivity index (χ0) is 9.84. The smallest absolute Gasteiger partial charge is 0.320 e. The number of hydrogen-bond acceptors (Lipinski definition) is 1. The number of carbonyl (C=O) groups is 1.